The topological polar surface area (TPSA) is 92.8 Å². The number of benzene rings is 2. The van der Waals surface area contributed by atoms with Gasteiger partial charge in [-0.05, 0) is 36.9 Å². The summed E-state index contributed by atoms with van der Waals surface area (Å²) in [6.45, 7) is 3.22. The minimum Gasteiger partial charge on any atom is -0.465 e. The fraction of sp³-hybridized carbons (Fsp3) is 0.200. The molecule has 1 aliphatic heterocycles. The highest BCUT2D eigenvalue weighted by Crippen LogP contribution is 2.42. The summed E-state index contributed by atoms with van der Waals surface area (Å²) in [6, 6.07) is 10.3. The van der Waals surface area contributed by atoms with Crippen molar-refractivity contribution in [1.29, 1.82) is 0 Å². The van der Waals surface area contributed by atoms with Gasteiger partial charge < -0.3 is 10.1 Å². The number of aryl methyl sites for hydroxylation is 1. The molecular weight excluding hydrogens is 412 g/mol. The van der Waals surface area contributed by atoms with Gasteiger partial charge in [0.15, 0.2) is 0 Å². The van der Waals surface area contributed by atoms with Crippen LogP contribution in [0.4, 0.5) is 10.7 Å². The number of hydrogen-bond acceptors (Lipinski definition) is 6. The van der Waals surface area contributed by atoms with Gasteiger partial charge >= 0.3 is 5.97 Å². The quantitative estimate of drug-likeness (QED) is 0.640. The van der Waals surface area contributed by atoms with Crippen LogP contribution >= 0.6 is 11.3 Å². The third-order valence-electron chi connectivity index (χ3n) is 5.00. The summed E-state index contributed by atoms with van der Waals surface area (Å²) in [6.07, 6.45) is 0. The SMILES string of the molecule is COC(=O)c1c(NC(=O)CN2c3cccc4cccc(c34)S2(=O)=O)sc(C)c1C. The first-order valence-corrected chi connectivity index (χ1v) is 11.0. The largest absolute Gasteiger partial charge is 0.465 e. The maximum absolute atomic E-state index is 13.0. The molecule has 3 aromatic rings. The molecule has 1 aromatic heterocycles. The number of amides is 1. The normalized spacial score (nSPS) is 14.2. The smallest absolute Gasteiger partial charge is 0.341 e. The Hall–Kier alpha value is -2.91. The van der Waals surface area contributed by atoms with Gasteiger partial charge in [-0.3, -0.25) is 9.10 Å². The maximum atomic E-state index is 13.0. The minimum atomic E-state index is -3.84. The third kappa shape index (κ3) is 2.97. The molecule has 0 atom stereocenters. The van der Waals surface area contributed by atoms with Gasteiger partial charge in [0.1, 0.15) is 11.5 Å². The van der Waals surface area contributed by atoms with Gasteiger partial charge in [0.05, 0.1) is 23.3 Å². The molecule has 4 rings (SSSR count). The van der Waals surface area contributed by atoms with E-state index in [-0.39, 0.29) is 10.5 Å². The van der Waals surface area contributed by atoms with E-state index >= 15 is 0 Å². The number of ether oxygens (including phenoxy) is 1. The second kappa shape index (κ2) is 6.85. The van der Waals surface area contributed by atoms with Crippen molar-refractivity contribution in [2.45, 2.75) is 18.7 Å². The van der Waals surface area contributed by atoms with Crippen LogP contribution in [0.2, 0.25) is 0 Å². The van der Waals surface area contributed by atoms with Crippen molar-refractivity contribution in [1.82, 2.24) is 0 Å². The zero-order valence-electron chi connectivity index (χ0n) is 16.0. The molecule has 0 saturated carbocycles. The number of nitrogens with zero attached hydrogens (tertiary/aromatic N) is 1. The molecule has 0 bridgehead atoms. The number of thiophene rings is 1. The molecule has 0 unspecified atom stereocenters. The molecular formula is C20H18N2O5S2. The lowest BCUT2D eigenvalue weighted by molar-refractivity contribution is -0.114. The maximum Gasteiger partial charge on any atom is 0.341 e. The first-order chi connectivity index (χ1) is 13.8. The van der Waals surface area contributed by atoms with E-state index in [0.717, 1.165) is 20.1 Å². The van der Waals surface area contributed by atoms with Crippen molar-refractivity contribution >= 4 is 54.7 Å². The molecule has 1 N–H and O–H groups in total. The van der Waals surface area contributed by atoms with E-state index < -0.39 is 28.4 Å². The van der Waals surface area contributed by atoms with Crippen molar-refractivity contribution in [3.8, 4) is 0 Å². The van der Waals surface area contributed by atoms with Gasteiger partial charge in [0, 0.05) is 10.3 Å². The summed E-state index contributed by atoms with van der Waals surface area (Å²) in [5, 5.41) is 4.44. The van der Waals surface area contributed by atoms with Crippen LogP contribution in [0.25, 0.3) is 10.8 Å². The zero-order valence-corrected chi connectivity index (χ0v) is 17.6. The second-order valence-corrected chi connectivity index (χ2v) is 9.73. The zero-order chi connectivity index (χ0) is 20.9. The first kappa shape index (κ1) is 19.4. The summed E-state index contributed by atoms with van der Waals surface area (Å²) in [7, 11) is -2.56. The second-order valence-electron chi connectivity index (χ2n) is 6.67. The van der Waals surface area contributed by atoms with Crippen molar-refractivity contribution in [2.75, 3.05) is 23.3 Å². The Morgan fingerprint density at radius 1 is 1.14 bits per heavy atom. The lowest BCUT2D eigenvalue weighted by atomic mass is 10.1. The van der Waals surface area contributed by atoms with Crippen LogP contribution in [0.5, 0.6) is 0 Å². The van der Waals surface area contributed by atoms with E-state index in [1.807, 2.05) is 19.1 Å². The molecule has 0 radical (unpaired) electrons. The van der Waals surface area contributed by atoms with Gasteiger partial charge in [0.2, 0.25) is 5.91 Å². The Morgan fingerprint density at radius 2 is 1.83 bits per heavy atom. The Labute approximate surface area is 172 Å². The van der Waals surface area contributed by atoms with Gasteiger partial charge in [-0.25, -0.2) is 13.2 Å². The van der Waals surface area contributed by atoms with Crippen LogP contribution in [0.15, 0.2) is 41.3 Å². The van der Waals surface area contributed by atoms with E-state index in [9.17, 15) is 18.0 Å². The lowest BCUT2D eigenvalue weighted by Gasteiger charge is -2.18. The minimum absolute atomic E-state index is 0.191. The van der Waals surface area contributed by atoms with Gasteiger partial charge in [-0.15, -0.1) is 11.3 Å². The monoisotopic (exact) mass is 430 g/mol. The van der Waals surface area contributed by atoms with E-state index in [2.05, 4.69) is 5.32 Å². The van der Waals surface area contributed by atoms with Crippen LogP contribution in [0, 0.1) is 13.8 Å². The first-order valence-electron chi connectivity index (χ1n) is 8.78. The Morgan fingerprint density at radius 3 is 2.52 bits per heavy atom. The standard InChI is InChI=1S/C20H18N2O5S2/c1-11-12(2)28-19(17(11)20(24)27-3)21-16(23)10-22-14-8-4-6-13-7-5-9-15(18(13)14)29(22,25)26/h4-9H,10H2,1-3H3,(H,21,23). The highest BCUT2D eigenvalue weighted by molar-refractivity contribution is 7.93. The van der Waals surface area contributed by atoms with E-state index in [1.165, 1.54) is 18.4 Å². The van der Waals surface area contributed by atoms with Crippen molar-refractivity contribution in [2.24, 2.45) is 0 Å². The van der Waals surface area contributed by atoms with Crippen LogP contribution in [0.1, 0.15) is 20.8 Å². The Kier molecular flexibility index (Phi) is 4.59. The summed E-state index contributed by atoms with van der Waals surface area (Å²) in [5.41, 5.74) is 1.49. The molecule has 2 heterocycles. The molecule has 29 heavy (non-hydrogen) atoms. The molecule has 0 aliphatic carbocycles. The predicted molar refractivity (Wildman–Crippen MR) is 112 cm³/mol. The average Bonchev–Trinajstić information content (AvgIpc) is 3.08. The van der Waals surface area contributed by atoms with Crippen molar-refractivity contribution < 1.29 is 22.7 Å². The van der Waals surface area contributed by atoms with Crippen LogP contribution in [-0.4, -0.2) is 33.9 Å². The molecule has 150 valence electrons. The van der Waals surface area contributed by atoms with Gasteiger partial charge in [0.25, 0.3) is 10.0 Å². The Bertz CT molecular complexity index is 1270. The van der Waals surface area contributed by atoms with E-state index in [1.54, 1.807) is 31.2 Å². The number of sulfonamides is 1. The summed E-state index contributed by atoms with van der Waals surface area (Å²) >= 11 is 1.25. The summed E-state index contributed by atoms with van der Waals surface area (Å²) in [4.78, 5) is 25.9. The van der Waals surface area contributed by atoms with Crippen molar-refractivity contribution in [3.63, 3.8) is 0 Å². The molecule has 7 nitrogen and oxygen atoms in total. The number of hydrogen-bond donors (Lipinski definition) is 1. The summed E-state index contributed by atoms with van der Waals surface area (Å²) in [5.74, 6) is -1.09. The highest BCUT2D eigenvalue weighted by atomic mass is 32.2. The predicted octanol–water partition coefficient (Wildman–Crippen LogP) is 3.45. The molecule has 9 heteroatoms. The molecule has 0 fully saturated rings. The van der Waals surface area contributed by atoms with Crippen LogP contribution < -0.4 is 9.62 Å². The molecule has 1 amide bonds. The molecule has 0 saturated heterocycles. The number of carbonyl (C=O) groups is 2. The van der Waals surface area contributed by atoms with Gasteiger partial charge in [-0.1, -0.05) is 24.3 Å². The molecule has 1 aliphatic rings. The van der Waals surface area contributed by atoms with Gasteiger partial charge in [-0.2, -0.15) is 0 Å². The number of anilines is 2. The molecule has 0 spiro atoms. The van der Waals surface area contributed by atoms with Crippen LogP contribution in [0.3, 0.4) is 0 Å². The third-order valence-corrected chi connectivity index (χ3v) is 7.92. The van der Waals surface area contributed by atoms with Crippen molar-refractivity contribution in [3.05, 3.63) is 52.4 Å². The number of methoxy groups -OCH3 is 1. The Balaban J connectivity index is 1.67. The van der Waals surface area contributed by atoms with E-state index in [4.69, 9.17) is 4.74 Å². The number of esters is 1. The number of carbonyl (C=O) groups excluding carboxylic acids is 2. The number of nitrogens with one attached hydrogen (secondary N) is 1. The fourth-order valence-electron chi connectivity index (χ4n) is 3.49. The lowest BCUT2D eigenvalue weighted by Crippen LogP contribution is -2.35. The van der Waals surface area contributed by atoms with Crippen LogP contribution in [-0.2, 0) is 19.6 Å². The number of rotatable bonds is 4. The molecule has 2 aromatic carbocycles. The average molecular weight is 431 g/mol. The fourth-order valence-corrected chi connectivity index (χ4v) is 6.22. The highest BCUT2D eigenvalue weighted by Gasteiger charge is 2.37. The summed E-state index contributed by atoms with van der Waals surface area (Å²) < 4.78 is 31.9. The van der Waals surface area contributed by atoms with E-state index in [0.29, 0.717) is 16.1 Å².